The van der Waals surface area contributed by atoms with E-state index < -0.39 is 36.2 Å². The van der Waals surface area contributed by atoms with Crippen molar-refractivity contribution in [1.29, 1.82) is 5.26 Å². The number of carbonyl (C=O) groups excluding carboxylic acids is 3. The van der Waals surface area contributed by atoms with Crippen molar-refractivity contribution in [3.63, 3.8) is 0 Å². The number of amides is 2. The summed E-state index contributed by atoms with van der Waals surface area (Å²) in [6.07, 6.45) is 0. The van der Waals surface area contributed by atoms with Crippen LogP contribution in [0.3, 0.4) is 0 Å². The molecule has 2 rings (SSSR count). The van der Waals surface area contributed by atoms with Crippen molar-refractivity contribution in [2.24, 2.45) is 5.92 Å². The van der Waals surface area contributed by atoms with Crippen LogP contribution in [-0.2, 0) is 14.3 Å². The van der Waals surface area contributed by atoms with Gasteiger partial charge in [-0.3, -0.25) is 9.59 Å². The van der Waals surface area contributed by atoms with Gasteiger partial charge in [-0.15, -0.1) is 0 Å². The normalized spacial score (nSPS) is 11.3. The highest BCUT2D eigenvalue weighted by atomic mass is 19.1. The summed E-state index contributed by atoms with van der Waals surface area (Å²) < 4.78 is 18.0. The number of hydrogen-bond donors (Lipinski definition) is 2. The van der Waals surface area contributed by atoms with Gasteiger partial charge in [0, 0.05) is 11.3 Å². The van der Waals surface area contributed by atoms with Gasteiger partial charge in [0.15, 0.2) is 6.61 Å². The first-order valence-corrected chi connectivity index (χ1v) is 8.83. The molecule has 0 unspecified atom stereocenters. The molecule has 0 saturated carbocycles. The molecule has 0 spiro atoms. The van der Waals surface area contributed by atoms with Gasteiger partial charge in [-0.05, 0) is 48.4 Å². The average molecular weight is 397 g/mol. The van der Waals surface area contributed by atoms with Crippen molar-refractivity contribution < 1.29 is 23.5 Å². The summed E-state index contributed by atoms with van der Waals surface area (Å²) in [5.74, 6) is -2.69. The number of benzene rings is 2. The molecule has 2 N–H and O–H groups in total. The molecule has 0 aliphatic heterocycles. The van der Waals surface area contributed by atoms with Crippen LogP contribution in [0.1, 0.15) is 29.8 Å². The van der Waals surface area contributed by atoms with Crippen LogP contribution < -0.4 is 10.6 Å². The van der Waals surface area contributed by atoms with E-state index in [2.05, 4.69) is 10.6 Å². The number of hydrogen-bond acceptors (Lipinski definition) is 5. The number of ether oxygens (including phenoxy) is 1. The highest BCUT2D eigenvalue weighted by Crippen LogP contribution is 2.11. The quantitative estimate of drug-likeness (QED) is 0.698. The molecule has 2 aromatic rings. The second kappa shape index (κ2) is 9.99. The summed E-state index contributed by atoms with van der Waals surface area (Å²) in [5.41, 5.74) is 0.971. The van der Waals surface area contributed by atoms with E-state index in [9.17, 15) is 18.8 Å². The van der Waals surface area contributed by atoms with E-state index in [-0.39, 0.29) is 11.5 Å². The fraction of sp³-hybridized carbons (Fsp3) is 0.238. The number of nitriles is 1. The number of nitrogens with zero attached hydrogens (tertiary/aromatic N) is 1. The number of esters is 1. The molecule has 8 heteroatoms. The van der Waals surface area contributed by atoms with Crippen molar-refractivity contribution in [3.05, 3.63) is 65.5 Å². The Morgan fingerprint density at radius 1 is 1.14 bits per heavy atom. The number of anilines is 1. The minimum Gasteiger partial charge on any atom is -0.454 e. The molecule has 2 aromatic carbocycles. The minimum atomic E-state index is -0.984. The monoisotopic (exact) mass is 397 g/mol. The maximum absolute atomic E-state index is 13.0. The second-order valence-electron chi connectivity index (χ2n) is 6.55. The van der Waals surface area contributed by atoms with Crippen molar-refractivity contribution in [2.75, 3.05) is 11.9 Å². The third-order valence-corrected chi connectivity index (χ3v) is 3.93. The van der Waals surface area contributed by atoms with Gasteiger partial charge >= 0.3 is 5.97 Å². The van der Waals surface area contributed by atoms with E-state index in [1.165, 1.54) is 18.2 Å². The average Bonchev–Trinajstić information content (AvgIpc) is 2.70. The third kappa shape index (κ3) is 6.43. The molecule has 0 aliphatic carbocycles. The molecule has 2 amide bonds. The van der Waals surface area contributed by atoms with Crippen molar-refractivity contribution in [3.8, 4) is 6.07 Å². The SMILES string of the molecule is CC(C)[C@H](NC(=O)c1ccc(F)cc1)C(=O)OCC(=O)Nc1cccc(C#N)c1. The molecule has 0 heterocycles. The Bertz CT molecular complexity index is 936. The highest BCUT2D eigenvalue weighted by Gasteiger charge is 2.26. The minimum absolute atomic E-state index is 0.194. The zero-order chi connectivity index (χ0) is 21.4. The Kier molecular flexibility index (Phi) is 7.43. The fourth-order valence-corrected chi connectivity index (χ4v) is 2.41. The predicted molar refractivity (Wildman–Crippen MR) is 103 cm³/mol. The number of rotatable bonds is 7. The van der Waals surface area contributed by atoms with Crippen LogP contribution in [0.2, 0.25) is 0 Å². The molecule has 0 radical (unpaired) electrons. The number of nitrogens with one attached hydrogen (secondary N) is 2. The zero-order valence-electron chi connectivity index (χ0n) is 15.9. The van der Waals surface area contributed by atoms with Crippen LogP contribution in [0, 0.1) is 23.1 Å². The van der Waals surface area contributed by atoms with E-state index in [4.69, 9.17) is 10.00 Å². The maximum Gasteiger partial charge on any atom is 0.329 e. The predicted octanol–water partition coefficient (Wildman–Crippen LogP) is 2.63. The summed E-state index contributed by atoms with van der Waals surface area (Å²) in [7, 11) is 0. The Morgan fingerprint density at radius 3 is 2.45 bits per heavy atom. The van der Waals surface area contributed by atoms with Gasteiger partial charge in [-0.1, -0.05) is 19.9 Å². The first-order valence-electron chi connectivity index (χ1n) is 8.83. The Labute approximate surface area is 167 Å². The number of carbonyl (C=O) groups is 3. The standard InChI is InChI=1S/C21H20FN3O4/c1-13(2)19(25-20(27)15-6-8-16(22)9-7-15)21(28)29-12-18(26)24-17-5-3-4-14(10-17)11-23/h3-10,13,19H,12H2,1-2H3,(H,24,26)(H,25,27)/t19-/m0/s1. The largest absolute Gasteiger partial charge is 0.454 e. The van der Waals surface area contributed by atoms with E-state index in [0.717, 1.165) is 12.1 Å². The molecule has 29 heavy (non-hydrogen) atoms. The first-order chi connectivity index (χ1) is 13.8. The van der Waals surface area contributed by atoms with Crippen LogP contribution in [-0.4, -0.2) is 30.4 Å². The molecular formula is C21H20FN3O4. The molecule has 0 saturated heterocycles. The lowest BCUT2D eigenvalue weighted by Gasteiger charge is -2.20. The van der Waals surface area contributed by atoms with Crippen molar-refractivity contribution in [1.82, 2.24) is 5.32 Å². The zero-order valence-corrected chi connectivity index (χ0v) is 15.9. The third-order valence-electron chi connectivity index (χ3n) is 3.93. The van der Waals surface area contributed by atoms with Crippen LogP contribution in [0.5, 0.6) is 0 Å². The topological polar surface area (TPSA) is 108 Å². The van der Waals surface area contributed by atoms with Gasteiger partial charge < -0.3 is 15.4 Å². The first kappa shape index (κ1) is 21.6. The van der Waals surface area contributed by atoms with Crippen LogP contribution in [0.4, 0.5) is 10.1 Å². The Morgan fingerprint density at radius 2 is 1.83 bits per heavy atom. The lowest BCUT2D eigenvalue weighted by Crippen LogP contribution is -2.45. The lowest BCUT2D eigenvalue weighted by atomic mass is 10.0. The molecule has 0 aliphatic rings. The van der Waals surface area contributed by atoms with Gasteiger partial charge in [0.25, 0.3) is 11.8 Å². The summed E-state index contributed by atoms with van der Waals surface area (Å²) in [6.45, 7) is 2.87. The summed E-state index contributed by atoms with van der Waals surface area (Å²) in [4.78, 5) is 36.6. The van der Waals surface area contributed by atoms with Gasteiger partial charge in [-0.25, -0.2) is 9.18 Å². The molecule has 0 aromatic heterocycles. The van der Waals surface area contributed by atoms with E-state index in [1.807, 2.05) is 6.07 Å². The summed E-state index contributed by atoms with van der Waals surface area (Å²) in [5, 5.41) is 13.9. The molecule has 0 bridgehead atoms. The van der Waals surface area contributed by atoms with Gasteiger partial charge in [0.2, 0.25) is 0 Å². The van der Waals surface area contributed by atoms with E-state index in [0.29, 0.717) is 11.3 Å². The maximum atomic E-state index is 13.0. The summed E-state index contributed by atoms with van der Waals surface area (Å²) in [6, 6.07) is 12.1. The fourth-order valence-electron chi connectivity index (χ4n) is 2.41. The molecular weight excluding hydrogens is 377 g/mol. The molecule has 7 nitrogen and oxygen atoms in total. The highest BCUT2D eigenvalue weighted by molar-refractivity contribution is 5.97. The Balaban J connectivity index is 1.93. The van der Waals surface area contributed by atoms with Crippen LogP contribution in [0.15, 0.2) is 48.5 Å². The molecule has 150 valence electrons. The molecule has 0 fully saturated rings. The van der Waals surface area contributed by atoms with Gasteiger partial charge in [-0.2, -0.15) is 5.26 Å². The number of halogens is 1. The van der Waals surface area contributed by atoms with Gasteiger partial charge in [0.05, 0.1) is 11.6 Å². The molecule has 1 atom stereocenters. The smallest absolute Gasteiger partial charge is 0.329 e. The Hall–Kier alpha value is -3.73. The van der Waals surface area contributed by atoms with Crippen molar-refractivity contribution >= 4 is 23.5 Å². The summed E-state index contributed by atoms with van der Waals surface area (Å²) >= 11 is 0. The van der Waals surface area contributed by atoms with Crippen molar-refractivity contribution in [2.45, 2.75) is 19.9 Å². The lowest BCUT2D eigenvalue weighted by molar-refractivity contribution is -0.150. The second-order valence-corrected chi connectivity index (χ2v) is 6.55. The van der Waals surface area contributed by atoms with Crippen LogP contribution >= 0.6 is 0 Å². The van der Waals surface area contributed by atoms with E-state index in [1.54, 1.807) is 32.0 Å². The van der Waals surface area contributed by atoms with E-state index >= 15 is 0 Å². The van der Waals surface area contributed by atoms with Crippen LogP contribution in [0.25, 0.3) is 0 Å². The van der Waals surface area contributed by atoms with Gasteiger partial charge in [0.1, 0.15) is 11.9 Å².